The number of amides is 1. The molecule has 0 aliphatic rings. The molecule has 6 heteroatoms. The van der Waals surface area contributed by atoms with E-state index in [4.69, 9.17) is 9.47 Å². The van der Waals surface area contributed by atoms with Crippen LogP contribution in [0.2, 0.25) is 0 Å². The molecule has 0 saturated heterocycles. The Labute approximate surface area is 162 Å². The molecule has 1 N–H and O–H groups in total. The van der Waals surface area contributed by atoms with Crippen LogP contribution in [0.25, 0.3) is 10.8 Å². The van der Waals surface area contributed by atoms with Crippen molar-refractivity contribution < 1.29 is 23.9 Å². The monoisotopic (exact) mass is 377 g/mol. The second kappa shape index (κ2) is 8.81. The van der Waals surface area contributed by atoms with Crippen LogP contribution >= 0.6 is 0 Å². The van der Waals surface area contributed by atoms with Crippen molar-refractivity contribution in [3.05, 3.63) is 72.3 Å². The first-order valence-electron chi connectivity index (χ1n) is 8.73. The molecule has 0 aliphatic heterocycles. The number of esters is 1. The number of ether oxygens (including phenoxy) is 2. The Kier molecular flexibility index (Phi) is 6.01. The van der Waals surface area contributed by atoms with Gasteiger partial charge in [0.15, 0.2) is 19.0 Å². The zero-order chi connectivity index (χ0) is 19.9. The number of nitrogens with one attached hydrogen (secondary N) is 1. The Hall–Kier alpha value is -3.67. The summed E-state index contributed by atoms with van der Waals surface area (Å²) in [5.74, 6) is -0.874. The molecular formula is C22H19NO5. The maximum atomic E-state index is 12.3. The standard InChI is InChI=1S/C22H19NO5/c1-15(28-21(25)14-27-20-9-5-4-8-18(20)13-24)22(26)23-19-11-10-16-6-2-3-7-17(16)12-19/h2-13,15H,14H2,1H3,(H,23,26)/t15-/m1/s1. The fourth-order valence-electron chi connectivity index (χ4n) is 2.64. The number of carbonyl (C=O) groups excluding carboxylic acids is 3. The lowest BCUT2D eigenvalue weighted by molar-refractivity contribution is -0.155. The molecule has 1 amide bonds. The summed E-state index contributed by atoms with van der Waals surface area (Å²) in [6, 6.07) is 19.9. The van der Waals surface area contributed by atoms with Crippen LogP contribution in [0.4, 0.5) is 5.69 Å². The minimum atomic E-state index is -0.996. The van der Waals surface area contributed by atoms with Gasteiger partial charge in [0.25, 0.3) is 5.91 Å². The van der Waals surface area contributed by atoms with Crippen molar-refractivity contribution in [3.63, 3.8) is 0 Å². The van der Waals surface area contributed by atoms with Gasteiger partial charge in [-0.25, -0.2) is 4.79 Å². The number of fused-ring (bicyclic) bond motifs is 1. The predicted octanol–water partition coefficient (Wildman–Crippen LogP) is 3.60. The second-order valence-corrected chi connectivity index (χ2v) is 6.13. The van der Waals surface area contributed by atoms with E-state index in [2.05, 4.69) is 5.32 Å². The summed E-state index contributed by atoms with van der Waals surface area (Å²) in [5.41, 5.74) is 0.945. The van der Waals surface area contributed by atoms with Crippen molar-refractivity contribution in [1.29, 1.82) is 0 Å². The average Bonchev–Trinajstić information content (AvgIpc) is 2.72. The number of hydrogen-bond acceptors (Lipinski definition) is 5. The van der Waals surface area contributed by atoms with Gasteiger partial charge in [0.05, 0.1) is 5.56 Å². The van der Waals surface area contributed by atoms with Gasteiger partial charge in [-0.3, -0.25) is 9.59 Å². The molecule has 3 rings (SSSR count). The number of anilines is 1. The quantitative estimate of drug-likeness (QED) is 0.503. The molecule has 0 saturated carbocycles. The van der Waals surface area contributed by atoms with Crippen LogP contribution in [0.15, 0.2) is 66.7 Å². The van der Waals surface area contributed by atoms with Crippen molar-refractivity contribution in [2.45, 2.75) is 13.0 Å². The Balaban J connectivity index is 1.54. The normalized spacial score (nSPS) is 11.5. The molecule has 0 fully saturated rings. The summed E-state index contributed by atoms with van der Waals surface area (Å²) in [5, 5.41) is 4.78. The van der Waals surface area contributed by atoms with Gasteiger partial charge in [0.1, 0.15) is 5.75 Å². The fraction of sp³-hybridized carbons (Fsp3) is 0.136. The summed E-state index contributed by atoms with van der Waals surface area (Å²) in [7, 11) is 0. The lowest BCUT2D eigenvalue weighted by Gasteiger charge is -2.14. The molecule has 0 heterocycles. The van der Waals surface area contributed by atoms with Gasteiger partial charge < -0.3 is 14.8 Å². The second-order valence-electron chi connectivity index (χ2n) is 6.13. The molecule has 0 aliphatic carbocycles. The van der Waals surface area contributed by atoms with Crippen molar-refractivity contribution in [2.24, 2.45) is 0 Å². The number of aldehydes is 1. The molecule has 142 valence electrons. The van der Waals surface area contributed by atoms with Gasteiger partial charge >= 0.3 is 5.97 Å². The first-order chi connectivity index (χ1) is 13.6. The number of benzene rings is 3. The van der Waals surface area contributed by atoms with E-state index in [1.54, 1.807) is 30.3 Å². The first-order valence-corrected chi connectivity index (χ1v) is 8.73. The highest BCUT2D eigenvalue weighted by Crippen LogP contribution is 2.19. The van der Waals surface area contributed by atoms with E-state index in [1.165, 1.54) is 6.92 Å². The van der Waals surface area contributed by atoms with Crippen LogP contribution < -0.4 is 10.1 Å². The highest BCUT2D eigenvalue weighted by atomic mass is 16.6. The highest BCUT2D eigenvalue weighted by Gasteiger charge is 2.18. The predicted molar refractivity (Wildman–Crippen MR) is 105 cm³/mol. The van der Waals surface area contributed by atoms with Crippen LogP contribution in [0.3, 0.4) is 0 Å². The van der Waals surface area contributed by atoms with Crippen LogP contribution in [-0.4, -0.2) is 30.9 Å². The van der Waals surface area contributed by atoms with Gasteiger partial charge in [0.2, 0.25) is 0 Å². The van der Waals surface area contributed by atoms with Crippen molar-refractivity contribution in [3.8, 4) is 5.75 Å². The summed E-state index contributed by atoms with van der Waals surface area (Å²) in [6.45, 7) is 1.08. The minimum absolute atomic E-state index is 0.280. The zero-order valence-electron chi connectivity index (χ0n) is 15.3. The topological polar surface area (TPSA) is 81.7 Å². The highest BCUT2D eigenvalue weighted by molar-refractivity contribution is 5.97. The first kappa shape index (κ1) is 19.1. The van der Waals surface area contributed by atoms with Crippen molar-refractivity contribution >= 4 is 34.6 Å². The lowest BCUT2D eigenvalue weighted by Crippen LogP contribution is -2.31. The largest absolute Gasteiger partial charge is 0.481 e. The third-order valence-corrected chi connectivity index (χ3v) is 4.09. The molecule has 0 bridgehead atoms. The number of hydrogen-bond donors (Lipinski definition) is 1. The van der Waals surface area contributed by atoms with Crippen molar-refractivity contribution in [1.82, 2.24) is 0 Å². The molecule has 1 atom stereocenters. The SMILES string of the molecule is C[C@@H](OC(=O)COc1ccccc1C=O)C(=O)Nc1ccc2ccccc2c1. The molecule has 3 aromatic rings. The Bertz CT molecular complexity index is 1010. The smallest absolute Gasteiger partial charge is 0.344 e. The van der Waals surface area contributed by atoms with Gasteiger partial charge in [0, 0.05) is 5.69 Å². The number of para-hydroxylation sites is 1. The molecule has 0 radical (unpaired) electrons. The third-order valence-electron chi connectivity index (χ3n) is 4.09. The number of carbonyl (C=O) groups is 3. The van der Waals surface area contributed by atoms with Gasteiger partial charge in [-0.1, -0.05) is 42.5 Å². The van der Waals surface area contributed by atoms with Crippen LogP contribution in [0.1, 0.15) is 17.3 Å². The van der Waals surface area contributed by atoms with E-state index in [0.717, 1.165) is 10.8 Å². The molecule has 3 aromatic carbocycles. The summed E-state index contributed by atoms with van der Waals surface area (Å²) in [6.07, 6.45) is -0.357. The van der Waals surface area contributed by atoms with E-state index in [-0.39, 0.29) is 5.75 Å². The average molecular weight is 377 g/mol. The summed E-state index contributed by atoms with van der Waals surface area (Å²) >= 11 is 0. The zero-order valence-corrected chi connectivity index (χ0v) is 15.3. The Morgan fingerprint density at radius 1 is 1.00 bits per heavy atom. The minimum Gasteiger partial charge on any atom is -0.481 e. The summed E-state index contributed by atoms with van der Waals surface area (Å²) < 4.78 is 10.4. The maximum Gasteiger partial charge on any atom is 0.344 e. The van der Waals surface area contributed by atoms with E-state index in [1.807, 2.05) is 36.4 Å². The van der Waals surface area contributed by atoms with Crippen LogP contribution in [0, 0.1) is 0 Å². The van der Waals surface area contributed by atoms with Crippen LogP contribution in [-0.2, 0) is 14.3 Å². The van der Waals surface area contributed by atoms with E-state index < -0.39 is 24.6 Å². The van der Waals surface area contributed by atoms with Gasteiger partial charge in [-0.05, 0) is 42.0 Å². The Morgan fingerprint density at radius 2 is 1.71 bits per heavy atom. The number of rotatable bonds is 7. The molecule has 0 aromatic heterocycles. The van der Waals surface area contributed by atoms with Crippen LogP contribution in [0.5, 0.6) is 5.75 Å². The molecule has 28 heavy (non-hydrogen) atoms. The lowest BCUT2D eigenvalue weighted by atomic mass is 10.1. The Morgan fingerprint density at radius 3 is 2.50 bits per heavy atom. The van der Waals surface area contributed by atoms with Gasteiger partial charge in [-0.2, -0.15) is 0 Å². The third kappa shape index (κ3) is 4.73. The van der Waals surface area contributed by atoms with E-state index >= 15 is 0 Å². The summed E-state index contributed by atoms with van der Waals surface area (Å²) in [4.78, 5) is 35.2. The molecule has 6 nitrogen and oxygen atoms in total. The molecular weight excluding hydrogens is 358 g/mol. The van der Waals surface area contributed by atoms with Gasteiger partial charge in [-0.15, -0.1) is 0 Å². The maximum absolute atomic E-state index is 12.3. The van der Waals surface area contributed by atoms with E-state index in [0.29, 0.717) is 17.5 Å². The van der Waals surface area contributed by atoms with E-state index in [9.17, 15) is 14.4 Å². The molecule has 0 unspecified atom stereocenters. The van der Waals surface area contributed by atoms with Crippen molar-refractivity contribution in [2.75, 3.05) is 11.9 Å². The fourth-order valence-corrected chi connectivity index (χ4v) is 2.64. The molecule has 0 spiro atoms.